The number of hydrogen-bond acceptors (Lipinski definition) is 5. The van der Waals surface area contributed by atoms with Gasteiger partial charge in [0.2, 0.25) is 22.7 Å². The van der Waals surface area contributed by atoms with Crippen LogP contribution in [0, 0.1) is 0 Å². The summed E-state index contributed by atoms with van der Waals surface area (Å²) in [5.74, 6) is 0.502. The zero-order valence-electron chi connectivity index (χ0n) is 14.5. The predicted molar refractivity (Wildman–Crippen MR) is 97.5 cm³/mol. The molecule has 0 unspecified atom stereocenters. The van der Waals surface area contributed by atoms with E-state index in [1.165, 1.54) is 0 Å². The third-order valence-electron chi connectivity index (χ3n) is 3.85. The van der Waals surface area contributed by atoms with Crippen LogP contribution >= 0.6 is 11.6 Å². The first-order valence-electron chi connectivity index (χ1n) is 8.12. The van der Waals surface area contributed by atoms with E-state index >= 15 is 0 Å². The van der Waals surface area contributed by atoms with Gasteiger partial charge < -0.3 is 14.8 Å². The van der Waals surface area contributed by atoms with Crippen LogP contribution in [0.25, 0.3) is 0 Å². The third-order valence-corrected chi connectivity index (χ3v) is 5.64. The van der Waals surface area contributed by atoms with Crippen LogP contribution < -0.4 is 19.5 Å². The predicted octanol–water partition coefficient (Wildman–Crippen LogP) is 3.39. The molecule has 1 aliphatic heterocycles. The molecule has 7 nitrogen and oxygen atoms in total. The van der Waals surface area contributed by atoms with Crippen molar-refractivity contribution in [1.82, 2.24) is 4.72 Å². The lowest BCUT2D eigenvalue weighted by Crippen LogP contribution is -2.28. The summed E-state index contributed by atoms with van der Waals surface area (Å²) in [4.78, 5) is 11.4. The highest BCUT2D eigenvalue weighted by atomic mass is 35.5. The van der Waals surface area contributed by atoms with Crippen LogP contribution in [0.4, 0.5) is 18.9 Å². The first kappa shape index (κ1) is 21.2. The lowest BCUT2D eigenvalue weighted by Gasteiger charge is -2.12. The van der Waals surface area contributed by atoms with Gasteiger partial charge in [0.1, 0.15) is 0 Å². The number of sulfonamides is 1. The fourth-order valence-corrected chi connectivity index (χ4v) is 3.75. The molecule has 156 valence electrons. The number of fused-ring (bicyclic) bond motifs is 1. The summed E-state index contributed by atoms with van der Waals surface area (Å²) in [6.45, 7) is -0.238. The number of anilines is 1. The molecule has 0 spiro atoms. The Bertz CT molecular complexity index is 1040. The summed E-state index contributed by atoms with van der Waals surface area (Å²) >= 11 is 5.48. The van der Waals surface area contributed by atoms with E-state index < -0.39 is 37.6 Å². The second-order valence-electron chi connectivity index (χ2n) is 5.90. The Balaban J connectivity index is 1.59. The van der Waals surface area contributed by atoms with E-state index in [2.05, 4.69) is 10.0 Å². The Morgan fingerprint density at radius 3 is 2.55 bits per heavy atom. The van der Waals surface area contributed by atoms with Crippen molar-refractivity contribution in [2.24, 2.45) is 0 Å². The summed E-state index contributed by atoms with van der Waals surface area (Å²) in [6.07, 6.45) is -5.04. The number of carbonyl (C=O) groups excluding carboxylic acids is 1. The van der Waals surface area contributed by atoms with Crippen molar-refractivity contribution in [2.75, 3.05) is 18.7 Å². The first-order valence-corrected chi connectivity index (χ1v) is 9.98. The molecule has 0 aromatic heterocycles. The van der Waals surface area contributed by atoms with Gasteiger partial charge in [-0.2, -0.15) is 13.2 Å². The second kappa shape index (κ2) is 8.09. The molecule has 0 aliphatic carbocycles. The topological polar surface area (TPSA) is 93.7 Å². The second-order valence-corrected chi connectivity index (χ2v) is 8.08. The van der Waals surface area contributed by atoms with E-state index in [1.807, 2.05) is 0 Å². The van der Waals surface area contributed by atoms with Crippen LogP contribution in [0.2, 0.25) is 5.02 Å². The largest absolute Gasteiger partial charge is 0.454 e. The van der Waals surface area contributed by atoms with Gasteiger partial charge in [0, 0.05) is 24.7 Å². The van der Waals surface area contributed by atoms with Gasteiger partial charge in [-0.25, -0.2) is 13.1 Å². The first-order chi connectivity index (χ1) is 13.6. The molecule has 0 fully saturated rings. The molecule has 2 N–H and O–H groups in total. The normalized spacial score (nSPS) is 13.4. The van der Waals surface area contributed by atoms with E-state index in [0.29, 0.717) is 23.3 Å². The number of rotatable bonds is 6. The Labute approximate surface area is 168 Å². The molecular formula is C17H14ClF3N2O5S. The molecule has 0 atom stereocenters. The van der Waals surface area contributed by atoms with E-state index in [1.54, 1.807) is 18.2 Å². The SMILES string of the molecule is O=C(CCNS(=O)(=O)c1ccc(Cl)c(C(F)(F)F)c1)Nc1ccc2c(c1)OCO2. The monoisotopic (exact) mass is 450 g/mol. The average Bonchev–Trinajstić information content (AvgIpc) is 3.08. The van der Waals surface area contributed by atoms with Crippen molar-refractivity contribution >= 4 is 33.2 Å². The Morgan fingerprint density at radius 1 is 1.10 bits per heavy atom. The highest BCUT2D eigenvalue weighted by Crippen LogP contribution is 2.36. The Morgan fingerprint density at radius 2 is 1.83 bits per heavy atom. The van der Waals surface area contributed by atoms with E-state index in [4.69, 9.17) is 21.1 Å². The van der Waals surface area contributed by atoms with Gasteiger partial charge in [-0.1, -0.05) is 11.6 Å². The van der Waals surface area contributed by atoms with Gasteiger partial charge in [-0.3, -0.25) is 4.79 Å². The fourth-order valence-electron chi connectivity index (χ4n) is 2.47. The molecular weight excluding hydrogens is 437 g/mol. The van der Waals surface area contributed by atoms with Crippen molar-refractivity contribution in [1.29, 1.82) is 0 Å². The molecule has 1 amide bonds. The van der Waals surface area contributed by atoms with E-state index in [9.17, 15) is 26.4 Å². The molecule has 29 heavy (non-hydrogen) atoms. The fraction of sp³-hybridized carbons (Fsp3) is 0.235. The van der Waals surface area contributed by atoms with Crippen LogP contribution in [0.5, 0.6) is 11.5 Å². The van der Waals surface area contributed by atoms with Crippen molar-refractivity contribution < 1.29 is 35.9 Å². The summed E-state index contributed by atoms with van der Waals surface area (Å²) in [7, 11) is -4.26. The van der Waals surface area contributed by atoms with Gasteiger partial charge in [0.05, 0.1) is 15.5 Å². The highest BCUT2D eigenvalue weighted by Gasteiger charge is 2.34. The number of halogens is 4. The van der Waals surface area contributed by atoms with Crippen LogP contribution in [0.15, 0.2) is 41.3 Å². The molecule has 12 heteroatoms. The van der Waals surface area contributed by atoms with Crippen molar-refractivity contribution in [3.8, 4) is 11.5 Å². The summed E-state index contributed by atoms with van der Waals surface area (Å²) in [6, 6.07) is 6.99. The van der Waals surface area contributed by atoms with Crippen LogP contribution in [-0.2, 0) is 21.0 Å². The smallest absolute Gasteiger partial charge is 0.417 e. The van der Waals surface area contributed by atoms with Crippen molar-refractivity contribution in [2.45, 2.75) is 17.5 Å². The van der Waals surface area contributed by atoms with Crippen LogP contribution in [0.1, 0.15) is 12.0 Å². The van der Waals surface area contributed by atoms with Crippen LogP contribution in [0.3, 0.4) is 0 Å². The van der Waals surface area contributed by atoms with Gasteiger partial charge in [-0.15, -0.1) is 0 Å². The minimum Gasteiger partial charge on any atom is -0.454 e. The number of benzene rings is 2. The molecule has 1 aliphatic rings. The summed E-state index contributed by atoms with van der Waals surface area (Å²) in [5, 5.41) is 1.95. The highest BCUT2D eigenvalue weighted by molar-refractivity contribution is 7.89. The maximum atomic E-state index is 12.9. The molecule has 2 aromatic rings. The number of carbonyl (C=O) groups is 1. The zero-order valence-corrected chi connectivity index (χ0v) is 16.1. The Hall–Kier alpha value is -2.50. The minimum absolute atomic E-state index is 0.0786. The average molecular weight is 451 g/mol. The maximum Gasteiger partial charge on any atom is 0.417 e. The molecule has 0 saturated heterocycles. The lowest BCUT2D eigenvalue weighted by atomic mass is 10.2. The van der Waals surface area contributed by atoms with Gasteiger partial charge in [-0.05, 0) is 30.3 Å². The molecule has 0 saturated carbocycles. The lowest BCUT2D eigenvalue weighted by molar-refractivity contribution is -0.137. The molecule has 0 bridgehead atoms. The molecule has 0 radical (unpaired) electrons. The molecule has 2 aromatic carbocycles. The van der Waals surface area contributed by atoms with Gasteiger partial charge in [0.15, 0.2) is 11.5 Å². The quantitative estimate of drug-likeness (QED) is 0.703. The zero-order chi connectivity index (χ0) is 21.2. The summed E-state index contributed by atoms with van der Waals surface area (Å²) in [5.41, 5.74) is -0.836. The number of nitrogens with one attached hydrogen (secondary N) is 2. The molecule has 1 heterocycles. The number of ether oxygens (including phenoxy) is 2. The number of alkyl halides is 3. The van der Waals surface area contributed by atoms with Gasteiger partial charge >= 0.3 is 6.18 Å². The molecule has 3 rings (SSSR count). The summed E-state index contributed by atoms with van der Waals surface area (Å²) < 4.78 is 75.5. The van der Waals surface area contributed by atoms with E-state index in [0.717, 1.165) is 12.1 Å². The van der Waals surface area contributed by atoms with Crippen molar-refractivity contribution in [3.63, 3.8) is 0 Å². The van der Waals surface area contributed by atoms with Crippen LogP contribution in [-0.4, -0.2) is 27.7 Å². The van der Waals surface area contributed by atoms with Crippen molar-refractivity contribution in [3.05, 3.63) is 47.0 Å². The minimum atomic E-state index is -4.80. The third kappa shape index (κ3) is 5.11. The Kier molecular flexibility index (Phi) is 5.92. The standard InChI is InChI=1S/C17H14ClF3N2O5S/c18-13-3-2-11(8-12(13)17(19,20)21)29(25,26)22-6-5-16(24)23-10-1-4-14-15(7-10)28-9-27-14/h1-4,7-8,22H,5-6,9H2,(H,23,24). The van der Waals surface area contributed by atoms with Gasteiger partial charge in [0.25, 0.3) is 0 Å². The van der Waals surface area contributed by atoms with E-state index in [-0.39, 0.29) is 19.8 Å². The number of amides is 1. The number of hydrogen-bond donors (Lipinski definition) is 2. The maximum absolute atomic E-state index is 12.9.